The van der Waals surface area contributed by atoms with E-state index in [0.717, 1.165) is 16.9 Å². The monoisotopic (exact) mass is 186 g/mol. The van der Waals surface area contributed by atoms with E-state index < -0.39 is 0 Å². The molecule has 2 heteroatoms. The first-order valence-corrected chi connectivity index (χ1v) is 4.60. The Morgan fingerprint density at radius 2 is 2.07 bits per heavy atom. The van der Waals surface area contributed by atoms with E-state index in [9.17, 15) is 0 Å². The lowest BCUT2D eigenvalue weighted by molar-refractivity contribution is 0.655. The van der Waals surface area contributed by atoms with Crippen LogP contribution in [0, 0.1) is 6.92 Å². The molecule has 2 rings (SSSR count). The van der Waals surface area contributed by atoms with Gasteiger partial charge in [0.1, 0.15) is 0 Å². The third-order valence-corrected chi connectivity index (χ3v) is 2.58. The molecular formula is C12H14N2. The molecule has 0 radical (unpaired) electrons. The van der Waals surface area contributed by atoms with Crippen molar-refractivity contribution in [3.05, 3.63) is 41.6 Å². The summed E-state index contributed by atoms with van der Waals surface area (Å²) in [4.78, 5) is 2.02. The molecular weight excluding hydrogens is 172 g/mol. The van der Waals surface area contributed by atoms with Crippen molar-refractivity contribution >= 4 is 17.5 Å². The Morgan fingerprint density at radius 1 is 1.36 bits per heavy atom. The van der Waals surface area contributed by atoms with Gasteiger partial charge in [0.05, 0.1) is 0 Å². The van der Waals surface area contributed by atoms with Crippen LogP contribution in [0.3, 0.4) is 0 Å². The second kappa shape index (κ2) is 2.91. The minimum Gasteiger partial charge on any atom is -0.399 e. The van der Waals surface area contributed by atoms with Crippen molar-refractivity contribution in [2.75, 3.05) is 12.8 Å². The molecule has 2 N–H and O–H groups in total. The summed E-state index contributed by atoms with van der Waals surface area (Å²) >= 11 is 0. The maximum atomic E-state index is 5.79. The zero-order chi connectivity index (χ0) is 10.3. The molecule has 1 aromatic carbocycles. The number of aryl methyl sites for hydroxylation is 1. The van der Waals surface area contributed by atoms with Gasteiger partial charge in [0.15, 0.2) is 0 Å². The molecule has 1 heterocycles. The zero-order valence-electron chi connectivity index (χ0n) is 8.54. The summed E-state index contributed by atoms with van der Waals surface area (Å²) in [5.41, 5.74) is 11.2. The van der Waals surface area contributed by atoms with Crippen LogP contribution in [0.1, 0.15) is 16.7 Å². The fraction of sp³-hybridized carbons (Fsp3) is 0.167. The number of nitrogens with zero attached hydrogens (tertiary/aromatic N) is 1. The molecule has 0 fully saturated rings. The largest absolute Gasteiger partial charge is 0.399 e. The molecule has 1 aliphatic heterocycles. The molecule has 0 unspecified atom stereocenters. The highest BCUT2D eigenvalue weighted by atomic mass is 15.1. The van der Waals surface area contributed by atoms with E-state index in [2.05, 4.69) is 19.6 Å². The number of nitrogen functional groups attached to an aromatic ring is 1. The van der Waals surface area contributed by atoms with Crippen LogP contribution in [0.25, 0.3) is 11.8 Å². The summed E-state index contributed by atoms with van der Waals surface area (Å²) in [5.74, 6) is 0. The first kappa shape index (κ1) is 8.88. The van der Waals surface area contributed by atoms with Gasteiger partial charge in [-0.15, -0.1) is 0 Å². The molecule has 2 nitrogen and oxygen atoms in total. The third-order valence-electron chi connectivity index (χ3n) is 2.58. The topological polar surface area (TPSA) is 29.3 Å². The summed E-state index contributed by atoms with van der Waals surface area (Å²) in [6.45, 7) is 6.12. The molecule has 0 aliphatic carbocycles. The average molecular weight is 186 g/mol. The Labute approximate surface area is 84.3 Å². The van der Waals surface area contributed by atoms with Gasteiger partial charge in [0.2, 0.25) is 0 Å². The Kier molecular flexibility index (Phi) is 1.84. The second-order valence-electron chi connectivity index (χ2n) is 3.68. The molecule has 1 aliphatic rings. The SMILES string of the molecule is C=C1c2c(C)cc(N)cc2C=CN1C. The summed E-state index contributed by atoms with van der Waals surface area (Å²) in [6.07, 6.45) is 4.07. The molecule has 0 bridgehead atoms. The molecule has 0 aromatic heterocycles. The number of nitrogens with two attached hydrogens (primary N) is 1. The average Bonchev–Trinajstić information content (AvgIpc) is 2.10. The number of hydrogen-bond acceptors (Lipinski definition) is 2. The van der Waals surface area contributed by atoms with Gasteiger partial charge in [0.25, 0.3) is 0 Å². The highest BCUT2D eigenvalue weighted by Crippen LogP contribution is 2.31. The number of fused-ring (bicyclic) bond motifs is 1. The number of anilines is 1. The van der Waals surface area contributed by atoms with Crippen molar-refractivity contribution in [2.24, 2.45) is 0 Å². The van der Waals surface area contributed by atoms with Crippen LogP contribution in [0.4, 0.5) is 5.69 Å². The maximum Gasteiger partial charge on any atom is 0.0412 e. The Morgan fingerprint density at radius 3 is 2.79 bits per heavy atom. The van der Waals surface area contributed by atoms with Crippen LogP contribution >= 0.6 is 0 Å². The van der Waals surface area contributed by atoms with E-state index in [1.165, 1.54) is 11.1 Å². The van der Waals surface area contributed by atoms with Gasteiger partial charge in [-0.05, 0) is 36.3 Å². The van der Waals surface area contributed by atoms with E-state index in [0.29, 0.717) is 0 Å². The van der Waals surface area contributed by atoms with E-state index in [-0.39, 0.29) is 0 Å². The van der Waals surface area contributed by atoms with Gasteiger partial charge in [-0.3, -0.25) is 0 Å². The van der Waals surface area contributed by atoms with Crippen LogP contribution < -0.4 is 5.73 Å². The molecule has 0 atom stereocenters. The first-order chi connectivity index (χ1) is 6.59. The Hall–Kier alpha value is -1.70. The predicted octanol–water partition coefficient (Wildman–Crippen LogP) is 2.46. The van der Waals surface area contributed by atoms with Gasteiger partial charge in [-0.1, -0.05) is 6.58 Å². The van der Waals surface area contributed by atoms with Gasteiger partial charge in [-0.25, -0.2) is 0 Å². The van der Waals surface area contributed by atoms with E-state index >= 15 is 0 Å². The van der Waals surface area contributed by atoms with Gasteiger partial charge in [-0.2, -0.15) is 0 Å². The van der Waals surface area contributed by atoms with Crippen LogP contribution in [0.5, 0.6) is 0 Å². The number of hydrogen-bond donors (Lipinski definition) is 1. The Balaban J connectivity index is 2.69. The van der Waals surface area contributed by atoms with E-state index in [1.807, 2.05) is 30.3 Å². The van der Waals surface area contributed by atoms with Crippen molar-refractivity contribution in [1.29, 1.82) is 0 Å². The van der Waals surface area contributed by atoms with Crippen LogP contribution in [-0.4, -0.2) is 11.9 Å². The highest BCUT2D eigenvalue weighted by molar-refractivity contribution is 5.80. The highest BCUT2D eigenvalue weighted by Gasteiger charge is 2.14. The maximum absolute atomic E-state index is 5.79. The molecule has 0 saturated carbocycles. The molecule has 0 spiro atoms. The van der Waals surface area contributed by atoms with E-state index in [1.54, 1.807) is 0 Å². The Bertz CT molecular complexity index is 430. The lowest BCUT2D eigenvalue weighted by Gasteiger charge is -2.25. The minimum atomic E-state index is 0.809. The number of rotatable bonds is 0. The van der Waals surface area contributed by atoms with Gasteiger partial charge < -0.3 is 10.6 Å². The number of benzene rings is 1. The summed E-state index contributed by atoms with van der Waals surface area (Å²) in [5, 5.41) is 0. The predicted molar refractivity (Wildman–Crippen MR) is 61.4 cm³/mol. The van der Waals surface area contributed by atoms with Gasteiger partial charge >= 0.3 is 0 Å². The second-order valence-corrected chi connectivity index (χ2v) is 3.68. The van der Waals surface area contributed by atoms with Crippen LogP contribution in [0.15, 0.2) is 24.9 Å². The van der Waals surface area contributed by atoms with Crippen molar-refractivity contribution in [3.63, 3.8) is 0 Å². The van der Waals surface area contributed by atoms with E-state index in [4.69, 9.17) is 5.73 Å². The summed E-state index contributed by atoms with van der Waals surface area (Å²) in [7, 11) is 2.00. The quantitative estimate of drug-likeness (QED) is 0.631. The van der Waals surface area contributed by atoms with Crippen molar-refractivity contribution in [2.45, 2.75) is 6.92 Å². The summed E-state index contributed by atoms with van der Waals surface area (Å²) in [6, 6.07) is 3.97. The smallest absolute Gasteiger partial charge is 0.0412 e. The minimum absolute atomic E-state index is 0.809. The third kappa shape index (κ3) is 1.20. The van der Waals surface area contributed by atoms with Crippen molar-refractivity contribution in [1.82, 2.24) is 4.90 Å². The molecule has 72 valence electrons. The fourth-order valence-corrected chi connectivity index (χ4v) is 1.83. The van der Waals surface area contributed by atoms with Crippen molar-refractivity contribution < 1.29 is 0 Å². The van der Waals surface area contributed by atoms with Gasteiger partial charge in [0, 0.05) is 30.2 Å². The first-order valence-electron chi connectivity index (χ1n) is 4.60. The molecule has 1 aromatic rings. The normalized spacial score (nSPS) is 14.4. The van der Waals surface area contributed by atoms with Crippen molar-refractivity contribution in [3.8, 4) is 0 Å². The van der Waals surface area contributed by atoms with Crippen LogP contribution in [-0.2, 0) is 0 Å². The molecule has 0 amide bonds. The van der Waals surface area contributed by atoms with Crippen LogP contribution in [0.2, 0.25) is 0 Å². The summed E-state index contributed by atoms with van der Waals surface area (Å²) < 4.78 is 0. The lowest BCUT2D eigenvalue weighted by Crippen LogP contribution is -2.14. The fourth-order valence-electron chi connectivity index (χ4n) is 1.83. The zero-order valence-corrected chi connectivity index (χ0v) is 8.54. The standard InChI is InChI=1S/C12H14N2/c1-8-6-11(13)7-10-4-5-14(3)9(2)12(8)10/h4-7H,2,13H2,1,3H3. The lowest BCUT2D eigenvalue weighted by atomic mass is 9.96. The molecule has 14 heavy (non-hydrogen) atoms. The molecule has 0 saturated heterocycles.